The molecule has 1 heterocycles. The fourth-order valence-corrected chi connectivity index (χ4v) is 3.33. The largest absolute Gasteiger partial charge is 0.353 e. The summed E-state index contributed by atoms with van der Waals surface area (Å²) in [6, 6.07) is 14.9. The Hall–Kier alpha value is -2.80. The number of thioether (sulfide) groups is 1. The van der Waals surface area contributed by atoms with Crippen LogP contribution >= 0.6 is 11.8 Å². The van der Waals surface area contributed by atoms with Crippen molar-refractivity contribution in [3.8, 4) is 0 Å². The van der Waals surface area contributed by atoms with Crippen molar-refractivity contribution in [2.45, 2.75) is 24.8 Å². The number of anilines is 1. The van der Waals surface area contributed by atoms with E-state index in [0.29, 0.717) is 11.5 Å². The zero-order valence-corrected chi connectivity index (χ0v) is 15.4. The van der Waals surface area contributed by atoms with E-state index in [-0.39, 0.29) is 23.6 Å². The lowest BCUT2D eigenvalue weighted by Crippen LogP contribution is -2.31. The minimum atomic E-state index is -0.267. The fraction of sp³-hybridized carbons (Fsp3) is 0.211. The summed E-state index contributed by atoms with van der Waals surface area (Å²) < 4.78 is 0. The van der Waals surface area contributed by atoms with Crippen LogP contribution in [-0.4, -0.2) is 33.6 Å². The maximum absolute atomic E-state index is 12.6. The first-order valence-electron chi connectivity index (χ1n) is 8.30. The van der Waals surface area contributed by atoms with Crippen LogP contribution in [0.3, 0.4) is 0 Å². The predicted molar refractivity (Wildman–Crippen MR) is 104 cm³/mol. The first-order chi connectivity index (χ1) is 12.5. The van der Waals surface area contributed by atoms with Crippen LogP contribution in [0.4, 0.5) is 5.95 Å². The third-order valence-electron chi connectivity index (χ3n) is 3.56. The van der Waals surface area contributed by atoms with Crippen LogP contribution in [0.5, 0.6) is 0 Å². The van der Waals surface area contributed by atoms with Crippen molar-refractivity contribution in [1.82, 2.24) is 15.3 Å². The highest BCUT2D eigenvalue weighted by Gasteiger charge is 2.14. The Balaban J connectivity index is 1.72. The molecule has 0 bridgehead atoms. The zero-order valence-electron chi connectivity index (χ0n) is 14.6. The number of rotatable bonds is 6. The summed E-state index contributed by atoms with van der Waals surface area (Å²) in [6.45, 7) is 3.83. The number of amides is 2. The third-order valence-corrected chi connectivity index (χ3v) is 4.63. The summed E-state index contributed by atoms with van der Waals surface area (Å²) in [4.78, 5) is 32.7. The lowest BCUT2D eigenvalue weighted by molar-refractivity contribution is -0.119. The van der Waals surface area contributed by atoms with E-state index in [1.165, 1.54) is 11.8 Å². The highest BCUT2D eigenvalue weighted by atomic mass is 32.2. The van der Waals surface area contributed by atoms with Crippen molar-refractivity contribution in [2.24, 2.45) is 0 Å². The van der Waals surface area contributed by atoms with Gasteiger partial charge in [0.05, 0.1) is 22.3 Å². The van der Waals surface area contributed by atoms with Crippen molar-refractivity contribution in [3.05, 3.63) is 54.1 Å². The topological polar surface area (TPSA) is 86.9 Å². The fourth-order valence-electron chi connectivity index (χ4n) is 2.47. The molecule has 134 valence electrons. The lowest BCUT2D eigenvalue weighted by atomic mass is 10.2. The number of aromatic nitrogens is 2. The molecule has 3 N–H and O–H groups in total. The third kappa shape index (κ3) is 4.43. The normalized spacial score (nSPS) is 10.9. The number of nitrogens with one attached hydrogen (secondary N) is 3. The Morgan fingerprint density at radius 1 is 1.12 bits per heavy atom. The van der Waals surface area contributed by atoms with Gasteiger partial charge in [-0.05, 0) is 38.1 Å². The lowest BCUT2D eigenvalue weighted by Gasteiger charge is -2.10. The average Bonchev–Trinajstić information content (AvgIpc) is 3.01. The average molecular weight is 368 g/mol. The zero-order chi connectivity index (χ0) is 18.5. The molecule has 0 unspecified atom stereocenters. The minimum Gasteiger partial charge on any atom is -0.353 e. The number of fused-ring (bicyclic) bond motifs is 1. The molecular formula is C19H20N4O2S. The van der Waals surface area contributed by atoms with Gasteiger partial charge in [0, 0.05) is 10.9 Å². The first-order valence-corrected chi connectivity index (χ1v) is 9.29. The number of nitrogens with zero attached hydrogens (tertiary/aromatic N) is 1. The summed E-state index contributed by atoms with van der Waals surface area (Å²) in [6.07, 6.45) is 0. The van der Waals surface area contributed by atoms with Crippen LogP contribution in [0.15, 0.2) is 53.4 Å². The van der Waals surface area contributed by atoms with E-state index in [4.69, 9.17) is 0 Å². The van der Waals surface area contributed by atoms with Crippen LogP contribution < -0.4 is 10.6 Å². The Labute approximate surface area is 155 Å². The minimum absolute atomic E-state index is 0.0579. The second-order valence-electron chi connectivity index (χ2n) is 6.06. The number of para-hydroxylation sites is 2. The molecule has 0 aliphatic rings. The molecule has 0 radical (unpaired) electrons. The second-order valence-corrected chi connectivity index (χ2v) is 7.08. The van der Waals surface area contributed by atoms with Crippen molar-refractivity contribution in [2.75, 3.05) is 11.1 Å². The van der Waals surface area contributed by atoms with Crippen LogP contribution in [-0.2, 0) is 4.79 Å². The summed E-state index contributed by atoms with van der Waals surface area (Å²) in [5.74, 6) is 0.329. The van der Waals surface area contributed by atoms with Crippen molar-refractivity contribution >= 4 is 40.6 Å². The Kier molecular flexibility index (Phi) is 5.58. The second kappa shape index (κ2) is 8.05. The predicted octanol–water partition coefficient (Wildman–Crippen LogP) is 3.43. The van der Waals surface area contributed by atoms with E-state index in [2.05, 4.69) is 20.6 Å². The molecule has 0 aliphatic heterocycles. The van der Waals surface area contributed by atoms with E-state index in [1.807, 2.05) is 50.2 Å². The molecule has 2 aromatic carbocycles. The molecule has 3 rings (SSSR count). The molecule has 0 saturated carbocycles. The Bertz CT molecular complexity index is 903. The molecule has 6 nitrogen and oxygen atoms in total. The number of aromatic amines is 1. The summed E-state index contributed by atoms with van der Waals surface area (Å²) in [5.41, 5.74) is 2.15. The van der Waals surface area contributed by atoms with Gasteiger partial charge in [-0.3, -0.25) is 14.9 Å². The van der Waals surface area contributed by atoms with E-state index >= 15 is 0 Å². The van der Waals surface area contributed by atoms with Gasteiger partial charge in [0.15, 0.2) is 0 Å². The van der Waals surface area contributed by atoms with Gasteiger partial charge in [-0.15, -0.1) is 11.8 Å². The highest BCUT2D eigenvalue weighted by Crippen LogP contribution is 2.23. The Morgan fingerprint density at radius 2 is 1.85 bits per heavy atom. The molecule has 0 aliphatic carbocycles. The van der Waals surface area contributed by atoms with Gasteiger partial charge in [-0.1, -0.05) is 24.3 Å². The summed E-state index contributed by atoms with van der Waals surface area (Å²) in [7, 11) is 0. The number of H-pyrrole nitrogens is 1. The van der Waals surface area contributed by atoms with Crippen LogP contribution in [0.1, 0.15) is 24.2 Å². The maximum atomic E-state index is 12.6. The molecule has 2 amide bonds. The van der Waals surface area contributed by atoms with Gasteiger partial charge in [-0.2, -0.15) is 0 Å². The van der Waals surface area contributed by atoms with Gasteiger partial charge in [0.1, 0.15) is 0 Å². The van der Waals surface area contributed by atoms with Crippen molar-refractivity contribution in [3.63, 3.8) is 0 Å². The molecule has 0 atom stereocenters. The number of imidazole rings is 1. The quantitative estimate of drug-likeness (QED) is 0.582. The summed E-state index contributed by atoms with van der Waals surface area (Å²) in [5, 5.41) is 5.63. The molecule has 0 saturated heterocycles. The Morgan fingerprint density at radius 3 is 2.62 bits per heavy atom. The van der Waals surface area contributed by atoms with E-state index in [0.717, 1.165) is 15.9 Å². The van der Waals surface area contributed by atoms with Crippen molar-refractivity contribution < 1.29 is 9.59 Å². The molecule has 3 aromatic rings. The standard InChI is InChI=1S/C19H20N4O2S/c1-12(2)20-17(24)11-26-16-10-6-3-7-13(16)18(25)23-19-21-14-8-4-5-9-15(14)22-19/h3-10,12H,11H2,1-2H3,(H,20,24)(H2,21,22,23,25). The number of benzene rings is 2. The number of carbonyl (C=O) groups excluding carboxylic acids is 2. The van der Waals surface area contributed by atoms with Gasteiger partial charge in [-0.25, -0.2) is 4.98 Å². The molecule has 1 aromatic heterocycles. The van der Waals surface area contributed by atoms with E-state index in [9.17, 15) is 9.59 Å². The highest BCUT2D eigenvalue weighted by molar-refractivity contribution is 8.00. The molecule has 7 heteroatoms. The van der Waals surface area contributed by atoms with Crippen LogP contribution in [0.2, 0.25) is 0 Å². The van der Waals surface area contributed by atoms with E-state index in [1.54, 1.807) is 12.1 Å². The van der Waals surface area contributed by atoms with Crippen LogP contribution in [0, 0.1) is 0 Å². The van der Waals surface area contributed by atoms with Gasteiger partial charge in [0.2, 0.25) is 11.9 Å². The van der Waals surface area contributed by atoms with Gasteiger partial charge in [0.25, 0.3) is 5.91 Å². The number of hydrogen-bond acceptors (Lipinski definition) is 4. The maximum Gasteiger partial charge on any atom is 0.259 e. The molecular weight excluding hydrogens is 348 g/mol. The SMILES string of the molecule is CC(C)NC(=O)CSc1ccccc1C(=O)Nc1nc2ccccc2[nH]1. The summed E-state index contributed by atoms with van der Waals surface area (Å²) >= 11 is 1.34. The van der Waals surface area contributed by atoms with Gasteiger partial charge >= 0.3 is 0 Å². The number of carbonyl (C=O) groups is 2. The molecule has 26 heavy (non-hydrogen) atoms. The first kappa shape index (κ1) is 18.0. The number of hydrogen-bond donors (Lipinski definition) is 3. The van der Waals surface area contributed by atoms with Crippen molar-refractivity contribution in [1.29, 1.82) is 0 Å². The van der Waals surface area contributed by atoms with Crippen LogP contribution in [0.25, 0.3) is 11.0 Å². The smallest absolute Gasteiger partial charge is 0.259 e. The van der Waals surface area contributed by atoms with E-state index < -0.39 is 0 Å². The molecule has 0 spiro atoms. The molecule has 0 fully saturated rings. The monoisotopic (exact) mass is 368 g/mol. The van der Waals surface area contributed by atoms with Gasteiger partial charge < -0.3 is 10.3 Å².